The average Bonchev–Trinajstić information content (AvgIpc) is 2.97. The summed E-state index contributed by atoms with van der Waals surface area (Å²) in [5.74, 6) is -0.497. The number of rotatable bonds is 4. The van der Waals surface area contributed by atoms with Crippen LogP contribution in [0.3, 0.4) is 0 Å². The monoisotopic (exact) mass is 281 g/mol. The zero-order valence-electron chi connectivity index (χ0n) is 10.1. The Morgan fingerprint density at radius 2 is 2.42 bits per heavy atom. The first-order chi connectivity index (χ1) is 9.06. The van der Waals surface area contributed by atoms with Gasteiger partial charge in [0.1, 0.15) is 6.20 Å². The smallest absolute Gasteiger partial charge is 0.358 e. The van der Waals surface area contributed by atoms with E-state index in [1.54, 1.807) is 4.57 Å². The Morgan fingerprint density at radius 1 is 1.63 bits per heavy atom. The standard InChI is InChI=1S/C10H11N5O3S/c1-13-4-5-19-10(13)12-9(16)2-3-14-6-8(11-7-14)15(17)18/h4-7H,2-3H2,1H3. The molecule has 0 atom stereocenters. The third-order valence-electron chi connectivity index (χ3n) is 2.37. The molecule has 0 aromatic carbocycles. The molecular weight excluding hydrogens is 270 g/mol. The van der Waals surface area contributed by atoms with Gasteiger partial charge < -0.3 is 19.2 Å². The van der Waals surface area contributed by atoms with Gasteiger partial charge in [0.15, 0.2) is 4.80 Å². The summed E-state index contributed by atoms with van der Waals surface area (Å²) in [4.78, 5) is 29.7. The number of imidazole rings is 1. The maximum absolute atomic E-state index is 11.6. The minimum absolute atomic E-state index is 0.172. The van der Waals surface area contributed by atoms with Crippen LogP contribution in [0.15, 0.2) is 29.1 Å². The Kier molecular flexibility index (Phi) is 3.85. The highest BCUT2D eigenvalue weighted by molar-refractivity contribution is 7.07. The highest BCUT2D eigenvalue weighted by atomic mass is 32.1. The largest absolute Gasteiger partial charge is 0.381 e. The average molecular weight is 281 g/mol. The molecule has 1 amide bonds. The number of carbonyl (C=O) groups is 1. The van der Waals surface area contributed by atoms with Crippen LogP contribution in [0.5, 0.6) is 0 Å². The van der Waals surface area contributed by atoms with Crippen molar-refractivity contribution in [2.75, 3.05) is 0 Å². The Balaban J connectivity index is 1.97. The Bertz CT molecular complexity index is 669. The van der Waals surface area contributed by atoms with Crippen LogP contribution in [0, 0.1) is 10.1 Å². The van der Waals surface area contributed by atoms with Crippen LogP contribution >= 0.6 is 11.3 Å². The highest BCUT2D eigenvalue weighted by Crippen LogP contribution is 2.06. The molecule has 0 aliphatic heterocycles. The van der Waals surface area contributed by atoms with E-state index in [0.29, 0.717) is 11.3 Å². The second-order valence-corrected chi connectivity index (χ2v) is 4.65. The quantitative estimate of drug-likeness (QED) is 0.609. The van der Waals surface area contributed by atoms with Gasteiger partial charge in [0.2, 0.25) is 12.2 Å². The molecule has 0 N–H and O–H groups in total. The second kappa shape index (κ2) is 5.57. The number of hydrogen-bond acceptors (Lipinski definition) is 5. The number of hydrogen-bond donors (Lipinski definition) is 0. The van der Waals surface area contributed by atoms with E-state index in [1.807, 2.05) is 18.6 Å². The van der Waals surface area contributed by atoms with Crippen LogP contribution in [0.25, 0.3) is 0 Å². The summed E-state index contributed by atoms with van der Waals surface area (Å²) < 4.78 is 3.25. The lowest BCUT2D eigenvalue weighted by atomic mass is 10.4. The van der Waals surface area contributed by atoms with Crippen molar-refractivity contribution in [3.63, 3.8) is 0 Å². The van der Waals surface area contributed by atoms with E-state index in [2.05, 4.69) is 9.98 Å². The molecule has 0 bridgehead atoms. The van der Waals surface area contributed by atoms with Gasteiger partial charge in [-0.05, 0) is 9.91 Å². The fourth-order valence-corrected chi connectivity index (χ4v) is 2.13. The fourth-order valence-electron chi connectivity index (χ4n) is 1.39. The highest BCUT2D eigenvalue weighted by Gasteiger charge is 2.10. The molecule has 2 heterocycles. The summed E-state index contributed by atoms with van der Waals surface area (Å²) in [6, 6.07) is 0. The van der Waals surface area contributed by atoms with Gasteiger partial charge in [-0.1, -0.05) is 0 Å². The molecule has 0 aliphatic rings. The number of carbonyl (C=O) groups excluding carboxylic acids is 1. The van der Waals surface area contributed by atoms with Gasteiger partial charge in [-0.25, -0.2) is 0 Å². The van der Waals surface area contributed by atoms with Crippen LogP contribution in [0.2, 0.25) is 0 Å². The molecular formula is C10H11N5O3S. The molecule has 8 nitrogen and oxygen atoms in total. The molecule has 0 fully saturated rings. The maximum atomic E-state index is 11.6. The Hall–Kier alpha value is -2.29. The van der Waals surface area contributed by atoms with Crippen molar-refractivity contribution < 1.29 is 9.72 Å². The van der Waals surface area contributed by atoms with Gasteiger partial charge in [0, 0.05) is 31.6 Å². The first-order valence-electron chi connectivity index (χ1n) is 5.40. The fraction of sp³-hybridized carbons (Fsp3) is 0.300. The van der Waals surface area contributed by atoms with Gasteiger partial charge in [0.25, 0.3) is 0 Å². The summed E-state index contributed by atoms with van der Waals surface area (Å²) in [7, 11) is 1.81. The van der Waals surface area contributed by atoms with Crippen LogP contribution in [-0.2, 0) is 18.4 Å². The third-order valence-corrected chi connectivity index (χ3v) is 3.22. The van der Waals surface area contributed by atoms with Crippen LogP contribution in [0.1, 0.15) is 6.42 Å². The van der Waals surface area contributed by atoms with Gasteiger partial charge in [-0.2, -0.15) is 4.99 Å². The molecule has 0 saturated heterocycles. The first kappa shape index (κ1) is 13.1. The van der Waals surface area contributed by atoms with Gasteiger partial charge in [0.05, 0.1) is 0 Å². The molecule has 2 aromatic heterocycles. The van der Waals surface area contributed by atoms with Crippen molar-refractivity contribution in [1.82, 2.24) is 14.1 Å². The summed E-state index contributed by atoms with van der Waals surface area (Å²) in [5.41, 5.74) is 0. The minimum atomic E-state index is -0.575. The summed E-state index contributed by atoms with van der Waals surface area (Å²) in [5, 5.41) is 12.3. The molecule has 0 spiro atoms. The van der Waals surface area contributed by atoms with Crippen molar-refractivity contribution in [3.05, 3.63) is 39.0 Å². The van der Waals surface area contributed by atoms with Crippen LogP contribution in [-0.4, -0.2) is 24.9 Å². The molecule has 100 valence electrons. The predicted molar refractivity (Wildman–Crippen MR) is 67.4 cm³/mol. The van der Waals surface area contributed by atoms with Gasteiger partial charge in [-0.15, -0.1) is 11.3 Å². The topological polar surface area (TPSA) is 95.3 Å². The van der Waals surface area contributed by atoms with E-state index in [0.717, 1.165) is 0 Å². The normalized spacial score (nSPS) is 11.7. The van der Waals surface area contributed by atoms with Crippen LogP contribution in [0.4, 0.5) is 5.82 Å². The first-order valence-corrected chi connectivity index (χ1v) is 6.28. The number of aromatic nitrogens is 3. The SMILES string of the molecule is Cn1ccsc1=NC(=O)CCn1cnc([N+](=O)[O-])c1. The van der Waals surface area contributed by atoms with E-state index in [-0.39, 0.29) is 18.1 Å². The second-order valence-electron chi connectivity index (χ2n) is 3.78. The Labute approximate surface area is 111 Å². The predicted octanol–water partition coefficient (Wildman–Crippen LogP) is 0.709. The molecule has 2 aromatic rings. The van der Waals surface area contributed by atoms with E-state index in [1.165, 1.54) is 28.4 Å². The van der Waals surface area contributed by atoms with E-state index >= 15 is 0 Å². The van der Waals surface area contributed by atoms with Gasteiger partial charge >= 0.3 is 5.82 Å². The minimum Gasteiger partial charge on any atom is -0.358 e. The van der Waals surface area contributed by atoms with Gasteiger partial charge in [-0.3, -0.25) is 4.79 Å². The lowest BCUT2D eigenvalue weighted by Crippen LogP contribution is -2.13. The lowest BCUT2D eigenvalue weighted by Gasteiger charge is -1.96. The molecule has 0 saturated carbocycles. The van der Waals surface area contributed by atoms with Crippen molar-refractivity contribution in [2.45, 2.75) is 13.0 Å². The molecule has 9 heteroatoms. The number of nitro groups is 1. The molecule has 0 unspecified atom stereocenters. The number of thiazole rings is 1. The summed E-state index contributed by atoms with van der Waals surface area (Å²) in [6.45, 7) is 0.318. The molecule has 0 radical (unpaired) electrons. The third kappa shape index (κ3) is 3.35. The zero-order valence-corrected chi connectivity index (χ0v) is 10.9. The number of aryl methyl sites for hydroxylation is 2. The zero-order chi connectivity index (χ0) is 13.8. The molecule has 0 aliphatic carbocycles. The summed E-state index contributed by atoms with van der Waals surface area (Å²) >= 11 is 1.37. The van der Waals surface area contributed by atoms with Crippen molar-refractivity contribution in [1.29, 1.82) is 0 Å². The maximum Gasteiger partial charge on any atom is 0.381 e. The summed E-state index contributed by atoms with van der Waals surface area (Å²) in [6.07, 6.45) is 4.61. The lowest BCUT2D eigenvalue weighted by molar-refractivity contribution is -0.389. The molecule has 2 rings (SSSR count). The van der Waals surface area contributed by atoms with Crippen molar-refractivity contribution in [2.24, 2.45) is 12.0 Å². The van der Waals surface area contributed by atoms with Crippen molar-refractivity contribution >= 4 is 23.1 Å². The molecule has 19 heavy (non-hydrogen) atoms. The van der Waals surface area contributed by atoms with E-state index in [4.69, 9.17) is 0 Å². The van der Waals surface area contributed by atoms with Crippen molar-refractivity contribution in [3.8, 4) is 0 Å². The number of amides is 1. The van der Waals surface area contributed by atoms with E-state index < -0.39 is 4.92 Å². The Morgan fingerprint density at radius 3 is 3.00 bits per heavy atom. The van der Waals surface area contributed by atoms with Crippen LogP contribution < -0.4 is 4.80 Å². The van der Waals surface area contributed by atoms with E-state index in [9.17, 15) is 14.9 Å². The number of nitrogens with zero attached hydrogens (tertiary/aromatic N) is 5.